The van der Waals surface area contributed by atoms with E-state index in [0.29, 0.717) is 42.6 Å². The normalized spacial score (nSPS) is 18.5. The van der Waals surface area contributed by atoms with Gasteiger partial charge in [-0.3, -0.25) is 9.78 Å². The van der Waals surface area contributed by atoms with Crippen LogP contribution in [0, 0.1) is 23.1 Å². The zero-order chi connectivity index (χ0) is 18.8. The average Bonchev–Trinajstić information content (AvgIpc) is 2.73. The third kappa shape index (κ3) is 3.45. The number of nitriles is 1. The van der Waals surface area contributed by atoms with Crippen LogP contribution in [0.3, 0.4) is 0 Å². The predicted molar refractivity (Wildman–Crippen MR) is 101 cm³/mol. The van der Waals surface area contributed by atoms with Gasteiger partial charge in [-0.15, -0.1) is 0 Å². The molecule has 2 aliphatic heterocycles. The molecule has 3 heterocycles. The summed E-state index contributed by atoms with van der Waals surface area (Å²) in [6.07, 6.45) is 3.12. The molecule has 1 amide bonds. The van der Waals surface area contributed by atoms with Crippen LogP contribution in [0.5, 0.6) is 0 Å². The maximum Gasteiger partial charge on any atom is 0.257 e. The molecule has 0 unspecified atom stereocenters. The van der Waals surface area contributed by atoms with Gasteiger partial charge < -0.3 is 15.1 Å². The number of fused-ring (bicyclic) bond motifs is 1. The lowest BCUT2D eigenvalue weighted by molar-refractivity contribution is 0.0736. The molecule has 1 N–H and O–H groups in total. The summed E-state index contributed by atoms with van der Waals surface area (Å²) in [5.74, 6) is -0.366. The number of halogens is 1. The van der Waals surface area contributed by atoms with Crippen molar-refractivity contribution in [1.82, 2.24) is 15.2 Å². The predicted octanol–water partition coefficient (Wildman–Crippen LogP) is 2.16. The Hall–Kier alpha value is -2.72. The monoisotopic (exact) mass is 367 g/mol. The molecular weight excluding hydrogens is 345 g/mol. The van der Waals surface area contributed by atoms with Gasteiger partial charge in [-0.2, -0.15) is 5.26 Å². The minimum absolute atomic E-state index is 0.0402. The molecule has 0 aliphatic carbocycles. The van der Waals surface area contributed by atoms with Crippen LogP contribution < -0.4 is 10.2 Å². The molecule has 2 aromatic rings. The highest BCUT2D eigenvalue weighted by Crippen LogP contribution is 2.34. The molecule has 2 fully saturated rings. The average molecular weight is 367 g/mol. The molecule has 6 nitrogen and oxygen atoms in total. The fourth-order valence-corrected chi connectivity index (χ4v) is 3.92. The Kier molecular flexibility index (Phi) is 4.90. The molecule has 4 rings (SSSR count). The smallest absolute Gasteiger partial charge is 0.257 e. The molecule has 140 valence electrons. The van der Waals surface area contributed by atoms with E-state index in [9.17, 15) is 14.4 Å². The molecule has 1 aromatic carbocycles. The number of hydrogen-bond acceptors (Lipinski definition) is 5. The summed E-state index contributed by atoms with van der Waals surface area (Å²) in [4.78, 5) is 21.6. The lowest BCUT2D eigenvalue weighted by Crippen LogP contribution is -2.47. The van der Waals surface area contributed by atoms with Gasteiger partial charge in [-0.25, -0.2) is 4.39 Å². The van der Waals surface area contributed by atoms with Crippen molar-refractivity contribution in [3.05, 3.63) is 35.8 Å². The van der Waals surface area contributed by atoms with Crippen molar-refractivity contribution < 1.29 is 9.18 Å². The van der Waals surface area contributed by atoms with Gasteiger partial charge >= 0.3 is 0 Å². The van der Waals surface area contributed by atoms with Crippen LogP contribution in [0.2, 0.25) is 0 Å². The molecule has 0 radical (unpaired) electrons. The van der Waals surface area contributed by atoms with E-state index in [1.165, 1.54) is 12.1 Å². The number of nitrogens with one attached hydrogen (secondary N) is 1. The first-order chi connectivity index (χ1) is 13.2. The van der Waals surface area contributed by atoms with Crippen molar-refractivity contribution in [2.75, 3.05) is 44.2 Å². The van der Waals surface area contributed by atoms with Gasteiger partial charge in [0.05, 0.1) is 22.8 Å². The Bertz CT molecular complexity index is 895. The van der Waals surface area contributed by atoms with Crippen LogP contribution in [0.1, 0.15) is 23.2 Å². The SMILES string of the molecule is N#CC1CCN(c2c(C(=O)N3CCNCC3)cnc3ccc(F)cc23)CC1. The number of aromatic nitrogens is 1. The zero-order valence-electron chi connectivity index (χ0n) is 15.1. The maximum absolute atomic E-state index is 14.0. The van der Waals surface area contributed by atoms with E-state index >= 15 is 0 Å². The van der Waals surface area contributed by atoms with Crippen molar-refractivity contribution in [3.8, 4) is 6.07 Å². The molecule has 7 heteroatoms. The van der Waals surface area contributed by atoms with Crippen molar-refractivity contribution in [2.45, 2.75) is 12.8 Å². The largest absolute Gasteiger partial charge is 0.370 e. The maximum atomic E-state index is 14.0. The molecule has 2 saturated heterocycles. The van der Waals surface area contributed by atoms with Gasteiger partial charge in [-0.05, 0) is 31.0 Å². The van der Waals surface area contributed by atoms with Gasteiger partial charge in [0, 0.05) is 56.8 Å². The third-order valence-corrected chi connectivity index (χ3v) is 5.43. The van der Waals surface area contributed by atoms with E-state index in [-0.39, 0.29) is 17.6 Å². The van der Waals surface area contributed by atoms with Crippen LogP contribution >= 0.6 is 0 Å². The van der Waals surface area contributed by atoms with E-state index in [0.717, 1.165) is 31.6 Å². The van der Waals surface area contributed by atoms with Crippen molar-refractivity contribution in [3.63, 3.8) is 0 Å². The number of hydrogen-bond donors (Lipinski definition) is 1. The molecule has 0 bridgehead atoms. The first kappa shape index (κ1) is 17.7. The Labute approximate surface area is 157 Å². The number of carbonyl (C=O) groups is 1. The summed E-state index contributed by atoms with van der Waals surface area (Å²) >= 11 is 0. The number of nitrogens with zero attached hydrogens (tertiary/aromatic N) is 4. The summed E-state index contributed by atoms with van der Waals surface area (Å²) in [5.41, 5.74) is 1.94. The molecule has 0 saturated carbocycles. The van der Waals surface area contributed by atoms with E-state index in [4.69, 9.17) is 0 Å². The van der Waals surface area contributed by atoms with Gasteiger partial charge in [0.1, 0.15) is 5.82 Å². The first-order valence-electron chi connectivity index (χ1n) is 9.40. The topological polar surface area (TPSA) is 72.3 Å². The summed E-state index contributed by atoms with van der Waals surface area (Å²) in [7, 11) is 0. The molecular formula is C20H22FN5O. The van der Waals surface area contributed by atoms with Crippen LogP contribution in [0.4, 0.5) is 10.1 Å². The highest BCUT2D eigenvalue weighted by atomic mass is 19.1. The number of anilines is 1. The Balaban J connectivity index is 1.78. The Morgan fingerprint density at radius 1 is 1.22 bits per heavy atom. The zero-order valence-corrected chi connectivity index (χ0v) is 15.1. The summed E-state index contributed by atoms with van der Waals surface area (Å²) in [6, 6.07) is 6.83. The van der Waals surface area contributed by atoms with Crippen molar-refractivity contribution >= 4 is 22.5 Å². The number of rotatable bonds is 2. The number of carbonyl (C=O) groups excluding carboxylic acids is 1. The van der Waals surface area contributed by atoms with Gasteiger partial charge in [-0.1, -0.05) is 0 Å². The molecule has 2 aliphatic rings. The van der Waals surface area contributed by atoms with Crippen LogP contribution in [0.15, 0.2) is 24.4 Å². The summed E-state index contributed by atoms with van der Waals surface area (Å²) in [6.45, 7) is 4.19. The quantitative estimate of drug-likeness (QED) is 0.881. The third-order valence-electron chi connectivity index (χ3n) is 5.43. The highest BCUT2D eigenvalue weighted by molar-refractivity contribution is 6.07. The van der Waals surface area contributed by atoms with E-state index in [2.05, 4.69) is 21.3 Å². The number of benzene rings is 1. The lowest BCUT2D eigenvalue weighted by Gasteiger charge is -2.34. The number of piperazine rings is 1. The fourth-order valence-electron chi connectivity index (χ4n) is 3.92. The van der Waals surface area contributed by atoms with Crippen LogP contribution in [-0.4, -0.2) is 55.1 Å². The molecule has 0 spiro atoms. The second kappa shape index (κ2) is 7.49. The molecule has 27 heavy (non-hydrogen) atoms. The number of piperidine rings is 1. The molecule has 1 aromatic heterocycles. The first-order valence-corrected chi connectivity index (χ1v) is 9.40. The van der Waals surface area contributed by atoms with E-state index < -0.39 is 0 Å². The second-order valence-corrected chi connectivity index (χ2v) is 7.11. The second-order valence-electron chi connectivity index (χ2n) is 7.11. The van der Waals surface area contributed by atoms with Gasteiger partial charge in [0.15, 0.2) is 0 Å². The van der Waals surface area contributed by atoms with Gasteiger partial charge in [0.2, 0.25) is 0 Å². The van der Waals surface area contributed by atoms with E-state index in [1.54, 1.807) is 12.3 Å². The minimum atomic E-state index is -0.343. The number of amides is 1. The standard InChI is InChI=1S/C20H22FN5O/c21-15-1-2-18-16(11-15)19(25-7-3-14(12-22)4-8-25)17(13-24-18)20(27)26-9-5-23-6-10-26/h1-2,11,13-14,23H,3-10H2. The summed E-state index contributed by atoms with van der Waals surface area (Å²) < 4.78 is 14.0. The van der Waals surface area contributed by atoms with Crippen molar-refractivity contribution in [2.24, 2.45) is 5.92 Å². The van der Waals surface area contributed by atoms with Crippen LogP contribution in [0.25, 0.3) is 10.9 Å². The van der Waals surface area contributed by atoms with E-state index in [1.807, 2.05) is 4.90 Å². The highest BCUT2D eigenvalue weighted by Gasteiger charge is 2.28. The summed E-state index contributed by atoms with van der Waals surface area (Å²) in [5, 5.41) is 13.1. The Morgan fingerprint density at radius 3 is 2.67 bits per heavy atom. The lowest BCUT2D eigenvalue weighted by atomic mass is 9.96. The van der Waals surface area contributed by atoms with Crippen LogP contribution in [-0.2, 0) is 0 Å². The minimum Gasteiger partial charge on any atom is -0.370 e. The van der Waals surface area contributed by atoms with Gasteiger partial charge in [0.25, 0.3) is 5.91 Å². The Morgan fingerprint density at radius 2 is 1.96 bits per heavy atom. The number of pyridine rings is 1. The van der Waals surface area contributed by atoms with Crippen molar-refractivity contribution in [1.29, 1.82) is 5.26 Å². The fraction of sp³-hybridized carbons (Fsp3) is 0.450. The molecule has 0 atom stereocenters.